The van der Waals surface area contributed by atoms with Gasteiger partial charge in [-0.15, -0.1) is 0 Å². The van der Waals surface area contributed by atoms with Crippen molar-refractivity contribution in [3.63, 3.8) is 0 Å². The second kappa shape index (κ2) is 9.87. The van der Waals surface area contributed by atoms with Crippen LogP contribution in [0.15, 0.2) is 42.5 Å². The number of nitrogens with zero attached hydrogens (tertiary/aromatic N) is 1. The highest BCUT2D eigenvalue weighted by molar-refractivity contribution is 5.95. The van der Waals surface area contributed by atoms with E-state index in [1.54, 1.807) is 31.4 Å². The maximum Gasteiger partial charge on any atom is 0.262 e. The van der Waals surface area contributed by atoms with Gasteiger partial charge in [0.05, 0.1) is 33.0 Å². The molecular formula is C22H27N3O5. The predicted molar refractivity (Wildman–Crippen MR) is 115 cm³/mol. The molecule has 0 unspecified atom stereocenters. The Morgan fingerprint density at radius 1 is 1.13 bits per heavy atom. The van der Waals surface area contributed by atoms with Crippen molar-refractivity contribution in [1.29, 1.82) is 0 Å². The fraction of sp³-hybridized carbons (Fsp3) is 0.364. The van der Waals surface area contributed by atoms with Crippen molar-refractivity contribution in [2.75, 3.05) is 44.1 Å². The molecule has 3 rings (SSSR count). The first-order chi connectivity index (χ1) is 14.5. The molecule has 0 aliphatic carbocycles. The van der Waals surface area contributed by atoms with Crippen LogP contribution >= 0.6 is 0 Å². The number of hydrogen-bond acceptors (Lipinski definition) is 6. The Bertz CT molecular complexity index is 902. The summed E-state index contributed by atoms with van der Waals surface area (Å²) in [5.41, 5.74) is 1.37. The summed E-state index contributed by atoms with van der Waals surface area (Å²) >= 11 is 0. The molecule has 160 valence electrons. The molecule has 1 heterocycles. The molecule has 2 aromatic carbocycles. The molecule has 8 nitrogen and oxygen atoms in total. The molecule has 0 saturated carbocycles. The van der Waals surface area contributed by atoms with Crippen molar-refractivity contribution >= 4 is 23.2 Å². The first kappa shape index (κ1) is 21.3. The van der Waals surface area contributed by atoms with Gasteiger partial charge in [0, 0.05) is 18.3 Å². The lowest BCUT2D eigenvalue weighted by atomic mass is 10.1. The third kappa shape index (κ3) is 4.94. The zero-order chi connectivity index (χ0) is 21.5. The lowest BCUT2D eigenvalue weighted by Gasteiger charge is -2.35. The number of fused-ring (bicyclic) bond motifs is 1. The zero-order valence-corrected chi connectivity index (χ0v) is 17.4. The second-order valence-corrected chi connectivity index (χ2v) is 6.86. The van der Waals surface area contributed by atoms with E-state index in [2.05, 4.69) is 10.6 Å². The van der Waals surface area contributed by atoms with Gasteiger partial charge in [-0.05, 0) is 30.7 Å². The van der Waals surface area contributed by atoms with Crippen LogP contribution in [0.3, 0.4) is 0 Å². The van der Waals surface area contributed by atoms with Crippen molar-refractivity contribution in [2.24, 2.45) is 0 Å². The van der Waals surface area contributed by atoms with E-state index in [1.807, 2.05) is 30.0 Å². The van der Waals surface area contributed by atoms with E-state index < -0.39 is 6.10 Å². The van der Waals surface area contributed by atoms with Gasteiger partial charge in [-0.3, -0.25) is 9.59 Å². The van der Waals surface area contributed by atoms with E-state index in [0.29, 0.717) is 29.5 Å². The van der Waals surface area contributed by atoms with Gasteiger partial charge in [0.2, 0.25) is 5.91 Å². The molecule has 0 saturated heterocycles. The molecule has 1 aliphatic rings. The van der Waals surface area contributed by atoms with E-state index in [4.69, 9.17) is 14.2 Å². The Morgan fingerprint density at radius 3 is 2.63 bits per heavy atom. The maximum absolute atomic E-state index is 12.7. The average Bonchev–Trinajstić information content (AvgIpc) is 2.77. The highest BCUT2D eigenvalue weighted by Crippen LogP contribution is 2.33. The number of hydrogen-bond donors (Lipinski definition) is 2. The maximum atomic E-state index is 12.7. The SMILES string of the molecule is CCCNC(=O)[C@@H]1CN(CC(=O)Nc2ccc(OC)c(OC)c2)c2ccccc2O1. The fourth-order valence-electron chi connectivity index (χ4n) is 3.24. The zero-order valence-electron chi connectivity index (χ0n) is 17.4. The summed E-state index contributed by atoms with van der Waals surface area (Å²) in [6.45, 7) is 2.93. The minimum Gasteiger partial charge on any atom is -0.493 e. The summed E-state index contributed by atoms with van der Waals surface area (Å²) < 4.78 is 16.4. The van der Waals surface area contributed by atoms with Crippen LogP contribution in [0.25, 0.3) is 0 Å². The summed E-state index contributed by atoms with van der Waals surface area (Å²) in [6, 6.07) is 12.6. The molecule has 0 fully saturated rings. The van der Waals surface area contributed by atoms with E-state index in [0.717, 1.165) is 12.1 Å². The van der Waals surface area contributed by atoms with Crippen LogP contribution in [-0.4, -0.2) is 51.8 Å². The minimum atomic E-state index is -0.680. The van der Waals surface area contributed by atoms with Crippen molar-refractivity contribution in [2.45, 2.75) is 19.4 Å². The third-order valence-electron chi connectivity index (χ3n) is 4.70. The molecule has 0 spiro atoms. The number of benzene rings is 2. The van der Waals surface area contributed by atoms with Crippen molar-refractivity contribution in [1.82, 2.24) is 5.32 Å². The van der Waals surface area contributed by atoms with E-state index in [-0.39, 0.29) is 24.9 Å². The van der Waals surface area contributed by atoms with Gasteiger partial charge < -0.3 is 29.7 Å². The number of carbonyl (C=O) groups excluding carboxylic acids is 2. The molecule has 2 aromatic rings. The number of ether oxygens (including phenoxy) is 3. The highest BCUT2D eigenvalue weighted by atomic mass is 16.5. The normalized spacial score (nSPS) is 14.9. The number of amides is 2. The largest absolute Gasteiger partial charge is 0.493 e. The summed E-state index contributed by atoms with van der Waals surface area (Å²) in [7, 11) is 3.09. The Kier molecular flexibility index (Phi) is 7.00. The molecule has 1 atom stereocenters. The van der Waals surface area contributed by atoms with Crippen molar-refractivity contribution < 1.29 is 23.8 Å². The number of anilines is 2. The lowest BCUT2D eigenvalue weighted by molar-refractivity contribution is -0.128. The van der Waals surface area contributed by atoms with Gasteiger partial charge in [-0.1, -0.05) is 19.1 Å². The van der Waals surface area contributed by atoms with Crippen LogP contribution in [0.5, 0.6) is 17.2 Å². The van der Waals surface area contributed by atoms with Crippen LogP contribution in [0.2, 0.25) is 0 Å². The molecule has 0 bridgehead atoms. The number of para-hydroxylation sites is 2. The Labute approximate surface area is 176 Å². The van der Waals surface area contributed by atoms with Crippen molar-refractivity contribution in [3.8, 4) is 17.2 Å². The second-order valence-electron chi connectivity index (χ2n) is 6.86. The minimum absolute atomic E-state index is 0.0757. The van der Waals surface area contributed by atoms with Gasteiger partial charge in [-0.2, -0.15) is 0 Å². The first-order valence-electron chi connectivity index (χ1n) is 9.86. The van der Waals surface area contributed by atoms with Gasteiger partial charge in [-0.25, -0.2) is 0 Å². The first-order valence-corrected chi connectivity index (χ1v) is 9.86. The number of carbonyl (C=O) groups is 2. The monoisotopic (exact) mass is 413 g/mol. The van der Waals surface area contributed by atoms with Gasteiger partial charge in [0.1, 0.15) is 5.75 Å². The van der Waals surface area contributed by atoms with Gasteiger partial charge in [0.15, 0.2) is 17.6 Å². The molecule has 30 heavy (non-hydrogen) atoms. The molecule has 2 N–H and O–H groups in total. The molecule has 2 amide bonds. The molecule has 8 heteroatoms. The molecule has 0 aromatic heterocycles. The predicted octanol–water partition coefficient (Wildman–Crippen LogP) is 2.44. The van der Waals surface area contributed by atoms with Crippen molar-refractivity contribution in [3.05, 3.63) is 42.5 Å². The average molecular weight is 413 g/mol. The quantitative estimate of drug-likeness (QED) is 0.691. The standard InChI is InChI=1S/C22H27N3O5/c1-4-11-23-22(27)20-13-25(16-7-5-6-8-17(16)30-20)14-21(26)24-15-9-10-18(28-2)19(12-15)29-3/h5-10,12,20H,4,11,13-14H2,1-3H3,(H,23,27)(H,24,26)/t20-/m0/s1. The number of methoxy groups -OCH3 is 2. The van der Waals surface area contributed by atoms with Crippen LogP contribution in [-0.2, 0) is 9.59 Å². The molecule has 0 radical (unpaired) electrons. The van der Waals surface area contributed by atoms with Gasteiger partial charge >= 0.3 is 0 Å². The van der Waals surface area contributed by atoms with E-state index >= 15 is 0 Å². The smallest absolute Gasteiger partial charge is 0.262 e. The Balaban J connectivity index is 1.72. The number of rotatable bonds is 8. The Hall–Kier alpha value is -3.42. The molecule has 1 aliphatic heterocycles. The van der Waals surface area contributed by atoms with Crippen LogP contribution in [0.1, 0.15) is 13.3 Å². The van der Waals surface area contributed by atoms with Gasteiger partial charge in [0.25, 0.3) is 5.91 Å². The Morgan fingerprint density at radius 2 is 1.90 bits per heavy atom. The summed E-state index contributed by atoms with van der Waals surface area (Å²) in [4.78, 5) is 27.0. The third-order valence-corrected chi connectivity index (χ3v) is 4.70. The van der Waals surface area contributed by atoms with Crippen LogP contribution in [0.4, 0.5) is 11.4 Å². The summed E-state index contributed by atoms with van der Waals surface area (Å²) in [5, 5.41) is 5.72. The number of nitrogens with one attached hydrogen (secondary N) is 2. The van der Waals surface area contributed by atoms with E-state index in [1.165, 1.54) is 7.11 Å². The van der Waals surface area contributed by atoms with Crippen LogP contribution < -0.4 is 29.7 Å². The lowest BCUT2D eigenvalue weighted by Crippen LogP contribution is -2.50. The van der Waals surface area contributed by atoms with E-state index in [9.17, 15) is 9.59 Å². The highest BCUT2D eigenvalue weighted by Gasteiger charge is 2.31. The van der Waals surface area contributed by atoms with Crippen LogP contribution in [0, 0.1) is 0 Å². The topological polar surface area (TPSA) is 89.1 Å². The fourth-order valence-corrected chi connectivity index (χ4v) is 3.24. The summed E-state index contributed by atoms with van der Waals surface area (Å²) in [5.74, 6) is 1.29. The summed E-state index contributed by atoms with van der Waals surface area (Å²) in [6.07, 6.45) is 0.160. The molecular weight excluding hydrogens is 386 g/mol.